The van der Waals surface area contributed by atoms with E-state index >= 15 is 0 Å². The summed E-state index contributed by atoms with van der Waals surface area (Å²) in [7, 11) is 0. The molecule has 0 saturated carbocycles. The molecule has 2 N–H and O–H groups in total. The normalized spacial score (nSPS) is 11.5. The van der Waals surface area contributed by atoms with Crippen LogP contribution in [0.4, 0.5) is 5.82 Å². The van der Waals surface area contributed by atoms with Gasteiger partial charge in [-0.25, -0.2) is 0 Å². The maximum Gasteiger partial charge on any atom is 0.245 e. The predicted octanol–water partition coefficient (Wildman–Crippen LogP) is 1.75. The van der Waals surface area contributed by atoms with E-state index in [1.54, 1.807) is 0 Å². The largest absolute Gasteiger partial charge is 0.396 e. The summed E-state index contributed by atoms with van der Waals surface area (Å²) in [6, 6.07) is 0. The third-order valence-electron chi connectivity index (χ3n) is 1.81. The summed E-state index contributed by atoms with van der Waals surface area (Å²) in [5.74, 6) is 0.370. The van der Waals surface area contributed by atoms with E-state index < -0.39 is 0 Å². The molecule has 1 aromatic rings. The van der Waals surface area contributed by atoms with Crippen LogP contribution in [-0.4, -0.2) is 32.4 Å². The Morgan fingerprint density at radius 1 is 1.33 bits per heavy atom. The summed E-state index contributed by atoms with van der Waals surface area (Å²) in [4.78, 5) is 3.91. The van der Waals surface area contributed by atoms with Crippen LogP contribution >= 0.6 is 23.2 Å². The third kappa shape index (κ3) is 3.77. The second kappa shape index (κ2) is 4.92. The van der Waals surface area contributed by atoms with Crippen LogP contribution in [0, 0.1) is 0 Å². The van der Waals surface area contributed by atoms with Gasteiger partial charge in [0.05, 0.1) is 0 Å². The Kier molecular flexibility index (Phi) is 4.07. The number of anilines is 1. The molecule has 0 radical (unpaired) electrons. The van der Waals surface area contributed by atoms with Gasteiger partial charge in [-0.1, -0.05) is 11.6 Å². The van der Waals surface area contributed by atoms with E-state index in [2.05, 4.69) is 20.5 Å². The molecule has 0 saturated heterocycles. The molecule has 0 aliphatic carbocycles. The summed E-state index contributed by atoms with van der Waals surface area (Å²) in [5.41, 5.74) is -0.336. The Labute approximate surface area is 97.8 Å². The molecule has 5 nitrogen and oxygen atoms in total. The van der Waals surface area contributed by atoms with Gasteiger partial charge >= 0.3 is 0 Å². The van der Waals surface area contributed by atoms with Gasteiger partial charge in [0.1, 0.15) is 0 Å². The average Bonchev–Trinajstić information content (AvgIpc) is 2.10. The number of nitrogens with one attached hydrogen (secondary N) is 1. The van der Waals surface area contributed by atoms with E-state index in [1.807, 2.05) is 13.8 Å². The second-order valence-electron chi connectivity index (χ2n) is 3.70. The quantitative estimate of drug-likeness (QED) is 0.853. The van der Waals surface area contributed by atoms with Gasteiger partial charge < -0.3 is 10.4 Å². The minimum Gasteiger partial charge on any atom is -0.396 e. The first-order valence-electron chi connectivity index (χ1n) is 4.39. The van der Waals surface area contributed by atoms with Crippen LogP contribution in [0.1, 0.15) is 20.3 Å². The second-order valence-corrected chi connectivity index (χ2v) is 4.40. The molecule has 1 heterocycles. The van der Waals surface area contributed by atoms with Gasteiger partial charge in [-0.2, -0.15) is 4.98 Å². The van der Waals surface area contributed by atoms with E-state index in [-0.39, 0.29) is 22.6 Å². The van der Waals surface area contributed by atoms with Crippen molar-refractivity contribution in [1.82, 2.24) is 15.2 Å². The zero-order valence-corrected chi connectivity index (χ0v) is 9.97. The molecule has 0 fully saturated rings. The molecule has 1 rings (SSSR count). The highest BCUT2D eigenvalue weighted by Gasteiger charge is 2.19. The van der Waals surface area contributed by atoms with Crippen molar-refractivity contribution in [2.24, 2.45) is 0 Å². The van der Waals surface area contributed by atoms with Gasteiger partial charge in [0.2, 0.25) is 5.28 Å². The molecular weight excluding hydrogens is 239 g/mol. The smallest absolute Gasteiger partial charge is 0.245 e. The highest BCUT2D eigenvalue weighted by atomic mass is 35.5. The average molecular weight is 251 g/mol. The fraction of sp³-hybridized carbons (Fsp3) is 0.625. The lowest BCUT2D eigenvalue weighted by atomic mass is 10.0. The number of halogens is 2. The fourth-order valence-corrected chi connectivity index (χ4v) is 1.28. The number of rotatable bonds is 4. The number of hydrogen-bond donors (Lipinski definition) is 2. The van der Waals surface area contributed by atoms with E-state index in [4.69, 9.17) is 28.3 Å². The molecular formula is C8H12Cl2N4O. The maximum absolute atomic E-state index is 8.86. The third-order valence-corrected chi connectivity index (χ3v) is 2.23. The molecule has 0 spiro atoms. The monoisotopic (exact) mass is 250 g/mol. The van der Waals surface area contributed by atoms with Crippen molar-refractivity contribution < 1.29 is 5.11 Å². The van der Waals surface area contributed by atoms with Crippen molar-refractivity contribution >= 4 is 29.0 Å². The highest BCUT2D eigenvalue weighted by Crippen LogP contribution is 2.22. The number of aliphatic hydroxyl groups excluding tert-OH is 1. The number of hydrogen-bond acceptors (Lipinski definition) is 5. The topological polar surface area (TPSA) is 70.9 Å². The number of aliphatic hydroxyl groups is 1. The van der Waals surface area contributed by atoms with Crippen LogP contribution < -0.4 is 5.32 Å². The Hall–Kier alpha value is -0.650. The first-order valence-corrected chi connectivity index (χ1v) is 5.15. The van der Waals surface area contributed by atoms with Crippen molar-refractivity contribution in [2.45, 2.75) is 25.8 Å². The standard InChI is InChI=1S/C8H12Cl2N4O/c1-8(2,3-4-15)12-6-5(9)13-14-7(10)11-6/h15H,3-4H2,1-2H3,(H,11,12,14). The zero-order chi connectivity index (χ0) is 11.5. The SMILES string of the molecule is CC(C)(CCO)Nc1nc(Cl)nnc1Cl. The summed E-state index contributed by atoms with van der Waals surface area (Å²) in [5, 5.41) is 19.2. The van der Waals surface area contributed by atoms with Gasteiger partial charge in [-0.05, 0) is 31.9 Å². The van der Waals surface area contributed by atoms with Crippen LogP contribution in [0.2, 0.25) is 10.4 Å². The first-order chi connectivity index (χ1) is 6.94. The lowest BCUT2D eigenvalue weighted by molar-refractivity contribution is 0.260. The van der Waals surface area contributed by atoms with Crippen molar-refractivity contribution in [3.63, 3.8) is 0 Å². The van der Waals surface area contributed by atoms with Gasteiger partial charge in [0.25, 0.3) is 0 Å². The van der Waals surface area contributed by atoms with Gasteiger partial charge in [0.15, 0.2) is 11.0 Å². The molecule has 0 aromatic carbocycles. The molecule has 0 aliphatic rings. The molecule has 0 unspecified atom stereocenters. The van der Waals surface area contributed by atoms with Crippen LogP contribution in [0.3, 0.4) is 0 Å². The van der Waals surface area contributed by atoms with E-state index in [1.165, 1.54) is 0 Å². The molecule has 15 heavy (non-hydrogen) atoms. The van der Waals surface area contributed by atoms with E-state index in [0.717, 1.165) is 0 Å². The number of aromatic nitrogens is 3. The Bertz CT molecular complexity index is 345. The lowest BCUT2D eigenvalue weighted by Gasteiger charge is -2.25. The van der Waals surface area contributed by atoms with Gasteiger partial charge in [-0.15, -0.1) is 10.2 Å². The van der Waals surface area contributed by atoms with Crippen molar-refractivity contribution in [3.05, 3.63) is 10.4 Å². The molecule has 7 heteroatoms. The summed E-state index contributed by atoms with van der Waals surface area (Å²) in [6.07, 6.45) is 0.560. The zero-order valence-electron chi connectivity index (χ0n) is 8.46. The minimum absolute atomic E-state index is 0.0294. The van der Waals surface area contributed by atoms with E-state index in [0.29, 0.717) is 12.2 Å². The molecule has 0 atom stereocenters. The van der Waals surface area contributed by atoms with Crippen molar-refractivity contribution in [3.8, 4) is 0 Å². The van der Waals surface area contributed by atoms with Gasteiger partial charge in [0, 0.05) is 12.1 Å². The Balaban J connectivity index is 2.83. The van der Waals surface area contributed by atoms with Crippen LogP contribution in [0.5, 0.6) is 0 Å². The van der Waals surface area contributed by atoms with Crippen LogP contribution in [-0.2, 0) is 0 Å². The summed E-state index contributed by atoms with van der Waals surface area (Å²) in [6.45, 7) is 3.90. The number of nitrogens with zero attached hydrogens (tertiary/aromatic N) is 3. The minimum atomic E-state index is -0.336. The van der Waals surface area contributed by atoms with Crippen LogP contribution in [0.15, 0.2) is 0 Å². The lowest BCUT2D eigenvalue weighted by Crippen LogP contribution is -2.32. The fourth-order valence-electron chi connectivity index (χ4n) is 1.04. The molecule has 1 aromatic heterocycles. The molecule has 0 amide bonds. The maximum atomic E-state index is 8.86. The van der Waals surface area contributed by atoms with Crippen molar-refractivity contribution in [2.75, 3.05) is 11.9 Å². The summed E-state index contributed by atoms with van der Waals surface area (Å²) < 4.78 is 0. The molecule has 0 aliphatic heterocycles. The van der Waals surface area contributed by atoms with Crippen molar-refractivity contribution in [1.29, 1.82) is 0 Å². The highest BCUT2D eigenvalue weighted by molar-refractivity contribution is 6.32. The predicted molar refractivity (Wildman–Crippen MR) is 59.3 cm³/mol. The molecule has 84 valence electrons. The first kappa shape index (κ1) is 12.4. The summed E-state index contributed by atoms with van der Waals surface area (Å²) >= 11 is 11.4. The van der Waals surface area contributed by atoms with E-state index in [9.17, 15) is 0 Å². The van der Waals surface area contributed by atoms with Gasteiger partial charge in [-0.3, -0.25) is 0 Å². The molecule has 0 bridgehead atoms. The Morgan fingerprint density at radius 3 is 2.60 bits per heavy atom. The Morgan fingerprint density at radius 2 is 2.00 bits per heavy atom. The van der Waals surface area contributed by atoms with Crippen LogP contribution in [0.25, 0.3) is 0 Å².